The Labute approximate surface area is 160 Å². The average molecular weight is 494 g/mol. The number of alkyl halides is 4. The van der Waals surface area contributed by atoms with Crippen LogP contribution in [0.5, 0.6) is 5.75 Å². The third-order valence-electron chi connectivity index (χ3n) is 4.22. The molecule has 2 fully saturated rings. The average Bonchev–Trinajstić information content (AvgIpc) is 2.58. The Bertz CT molecular complexity index is 603. The van der Waals surface area contributed by atoms with Crippen LogP contribution in [0.3, 0.4) is 0 Å². The van der Waals surface area contributed by atoms with E-state index in [0.717, 1.165) is 12.8 Å². The van der Waals surface area contributed by atoms with Crippen LogP contribution in [0.25, 0.3) is 0 Å². The minimum atomic E-state index is -5.19. The molecule has 0 saturated carbocycles. The van der Waals surface area contributed by atoms with E-state index in [1.807, 2.05) is 0 Å². The monoisotopic (exact) mass is 494 g/mol. The van der Waals surface area contributed by atoms with Gasteiger partial charge in [-0.25, -0.2) is 8.78 Å². The quantitative estimate of drug-likeness (QED) is 0.352. The summed E-state index contributed by atoms with van der Waals surface area (Å²) in [7, 11) is 0. The SMILES string of the molecule is Fc1cc(C2OCC(C3CCC(I)CO3)CO2)cc(F)c1OC(F)(F)F. The van der Waals surface area contributed by atoms with E-state index in [4.69, 9.17) is 14.2 Å². The largest absolute Gasteiger partial charge is 0.573 e. The number of halogens is 6. The molecule has 146 valence electrons. The lowest BCUT2D eigenvalue weighted by molar-refractivity contribution is -0.276. The minimum absolute atomic E-state index is 0.00185. The molecule has 10 heteroatoms. The van der Waals surface area contributed by atoms with Gasteiger partial charge in [-0.2, -0.15) is 0 Å². The first-order chi connectivity index (χ1) is 12.2. The molecular weight excluding hydrogens is 478 g/mol. The molecule has 0 amide bonds. The van der Waals surface area contributed by atoms with Crippen LogP contribution in [0.15, 0.2) is 12.1 Å². The van der Waals surface area contributed by atoms with Gasteiger partial charge in [-0.1, -0.05) is 22.6 Å². The predicted octanol–water partition coefficient (Wildman–Crippen LogP) is 4.51. The van der Waals surface area contributed by atoms with Crippen molar-refractivity contribution in [1.29, 1.82) is 0 Å². The van der Waals surface area contributed by atoms with E-state index in [1.165, 1.54) is 0 Å². The lowest BCUT2D eigenvalue weighted by Gasteiger charge is -2.36. The van der Waals surface area contributed by atoms with Gasteiger partial charge in [-0.3, -0.25) is 0 Å². The molecule has 2 atom stereocenters. The summed E-state index contributed by atoms with van der Waals surface area (Å²) in [5, 5.41) is 0. The molecule has 0 N–H and O–H groups in total. The second-order valence-corrected chi connectivity index (χ2v) is 7.93. The number of hydrogen-bond acceptors (Lipinski definition) is 4. The maximum atomic E-state index is 13.8. The number of rotatable bonds is 3. The Morgan fingerprint density at radius 3 is 2.08 bits per heavy atom. The lowest BCUT2D eigenvalue weighted by Crippen LogP contribution is -2.40. The molecule has 0 spiro atoms. The van der Waals surface area contributed by atoms with Crippen LogP contribution < -0.4 is 4.74 Å². The zero-order valence-corrected chi connectivity index (χ0v) is 15.6. The molecule has 1 aromatic carbocycles. The summed E-state index contributed by atoms with van der Waals surface area (Å²) >= 11 is 2.33. The highest BCUT2D eigenvalue weighted by atomic mass is 127. The molecule has 0 radical (unpaired) electrons. The predicted molar refractivity (Wildman–Crippen MR) is 88.0 cm³/mol. The third kappa shape index (κ3) is 4.96. The first-order valence-corrected chi connectivity index (χ1v) is 9.21. The molecule has 2 saturated heterocycles. The molecule has 26 heavy (non-hydrogen) atoms. The van der Waals surface area contributed by atoms with Crippen LogP contribution in [0.1, 0.15) is 24.7 Å². The molecule has 4 nitrogen and oxygen atoms in total. The molecule has 0 aromatic heterocycles. The Morgan fingerprint density at radius 2 is 1.58 bits per heavy atom. The van der Waals surface area contributed by atoms with E-state index >= 15 is 0 Å². The number of hydrogen-bond donors (Lipinski definition) is 0. The molecule has 0 bridgehead atoms. The zero-order chi connectivity index (χ0) is 18.9. The molecule has 0 aliphatic carbocycles. The van der Waals surface area contributed by atoms with Crippen LogP contribution >= 0.6 is 22.6 Å². The van der Waals surface area contributed by atoms with Crippen molar-refractivity contribution in [3.63, 3.8) is 0 Å². The van der Waals surface area contributed by atoms with Gasteiger partial charge < -0.3 is 18.9 Å². The van der Waals surface area contributed by atoms with Crippen molar-refractivity contribution in [3.05, 3.63) is 29.3 Å². The van der Waals surface area contributed by atoms with Crippen molar-refractivity contribution in [2.24, 2.45) is 5.92 Å². The smallest absolute Gasteiger partial charge is 0.399 e. The first-order valence-electron chi connectivity index (χ1n) is 7.96. The molecule has 3 rings (SSSR count). The molecule has 1 aromatic rings. The van der Waals surface area contributed by atoms with Crippen molar-refractivity contribution >= 4 is 22.6 Å². The van der Waals surface area contributed by atoms with E-state index in [9.17, 15) is 22.0 Å². The fourth-order valence-electron chi connectivity index (χ4n) is 2.97. The van der Waals surface area contributed by atoms with Gasteiger partial charge >= 0.3 is 6.36 Å². The van der Waals surface area contributed by atoms with Crippen LogP contribution in [0.2, 0.25) is 0 Å². The van der Waals surface area contributed by atoms with Gasteiger partial charge in [0, 0.05) is 15.4 Å². The normalized spacial score (nSPS) is 30.2. The summed E-state index contributed by atoms with van der Waals surface area (Å²) in [5.74, 6) is -4.46. The van der Waals surface area contributed by atoms with Crippen LogP contribution in [0, 0.1) is 17.6 Å². The van der Waals surface area contributed by atoms with Crippen molar-refractivity contribution in [1.82, 2.24) is 0 Å². The van der Waals surface area contributed by atoms with Gasteiger partial charge in [0.05, 0.1) is 25.9 Å². The fourth-order valence-corrected chi connectivity index (χ4v) is 3.53. The maximum absolute atomic E-state index is 13.8. The van der Waals surface area contributed by atoms with Crippen LogP contribution in [-0.2, 0) is 14.2 Å². The summed E-state index contributed by atoms with van der Waals surface area (Å²) in [6, 6.07) is 1.43. The van der Waals surface area contributed by atoms with Crippen molar-refractivity contribution < 1.29 is 40.9 Å². The summed E-state index contributed by atoms with van der Waals surface area (Å²) in [5.41, 5.74) is -0.0511. The summed E-state index contributed by atoms with van der Waals surface area (Å²) in [6.45, 7) is 1.19. The maximum Gasteiger partial charge on any atom is 0.573 e. The Kier molecular flexibility index (Phi) is 6.25. The highest BCUT2D eigenvalue weighted by molar-refractivity contribution is 14.1. The van der Waals surface area contributed by atoms with Crippen molar-refractivity contribution in [3.8, 4) is 5.75 Å². The zero-order valence-electron chi connectivity index (χ0n) is 13.4. The van der Waals surface area contributed by atoms with Gasteiger partial charge in [0.25, 0.3) is 0 Å². The van der Waals surface area contributed by atoms with E-state index < -0.39 is 30.0 Å². The van der Waals surface area contributed by atoms with Crippen molar-refractivity contribution in [2.75, 3.05) is 19.8 Å². The van der Waals surface area contributed by atoms with Gasteiger partial charge in [-0.05, 0) is 25.0 Å². The molecular formula is C16H16F5IO4. The van der Waals surface area contributed by atoms with Crippen molar-refractivity contribution in [2.45, 2.75) is 35.5 Å². The second-order valence-electron chi connectivity index (χ2n) is 6.17. The van der Waals surface area contributed by atoms with Gasteiger partial charge in [0.15, 0.2) is 17.9 Å². The topological polar surface area (TPSA) is 36.9 Å². The number of benzene rings is 1. The van der Waals surface area contributed by atoms with Gasteiger partial charge in [-0.15, -0.1) is 13.2 Å². The Morgan fingerprint density at radius 1 is 0.962 bits per heavy atom. The third-order valence-corrected chi connectivity index (χ3v) is 5.20. The summed E-state index contributed by atoms with van der Waals surface area (Å²) < 4.78 is 84.8. The molecule has 2 aliphatic rings. The molecule has 2 unspecified atom stereocenters. The Balaban J connectivity index is 1.62. The van der Waals surface area contributed by atoms with Crippen LogP contribution in [0.4, 0.5) is 22.0 Å². The summed E-state index contributed by atoms with van der Waals surface area (Å²) in [4.78, 5) is 0. The van der Waals surface area contributed by atoms with E-state index in [-0.39, 0.29) is 30.8 Å². The minimum Gasteiger partial charge on any atom is -0.399 e. The highest BCUT2D eigenvalue weighted by Gasteiger charge is 2.36. The highest BCUT2D eigenvalue weighted by Crippen LogP contribution is 2.35. The Hall–Kier alpha value is -0.720. The van der Waals surface area contributed by atoms with E-state index in [1.54, 1.807) is 0 Å². The molecule has 2 heterocycles. The van der Waals surface area contributed by atoms with Gasteiger partial charge in [0.2, 0.25) is 5.75 Å². The van der Waals surface area contributed by atoms with Crippen LogP contribution in [-0.4, -0.2) is 36.2 Å². The fraction of sp³-hybridized carbons (Fsp3) is 0.625. The number of ether oxygens (including phenoxy) is 4. The standard InChI is InChI=1S/C16H16F5IO4/c17-11-3-8(4-12(18)14(11)26-16(19,20)21)15-24-5-9(6-25-15)13-2-1-10(22)7-23-13/h3-4,9-10,13,15H,1-2,5-7H2. The van der Waals surface area contributed by atoms with E-state index in [0.29, 0.717) is 22.7 Å². The molecule has 2 aliphatic heterocycles. The lowest BCUT2D eigenvalue weighted by atomic mass is 9.96. The summed E-state index contributed by atoms with van der Waals surface area (Å²) in [6.07, 6.45) is -4.34. The van der Waals surface area contributed by atoms with Gasteiger partial charge in [0.1, 0.15) is 0 Å². The second kappa shape index (κ2) is 8.11. The van der Waals surface area contributed by atoms with E-state index in [2.05, 4.69) is 27.3 Å². The first kappa shape index (κ1) is 20.0.